The van der Waals surface area contributed by atoms with E-state index >= 15 is 0 Å². The van der Waals surface area contributed by atoms with Crippen molar-refractivity contribution >= 4 is 18.2 Å². The molecule has 4 heteroatoms. The number of aromatic nitrogens is 2. The smallest absolute Gasteiger partial charge is 0.145 e. The average Bonchev–Trinajstić information content (AvgIpc) is 2.56. The van der Waals surface area contributed by atoms with Crippen LogP contribution in [0.3, 0.4) is 0 Å². The molecule has 15 heavy (non-hydrogen) atoms. The molecule has 0 aliphatic rings. The molecule has 1 aromatic carbocycles. The van der Waals surface area contributed by atoms with Gasteiger partial charge in [-0.25, -0.2) is 4.68 Å². The fourth-order valence-electron chi connectivity index (χ4n) is 1.44. The molecule has 0 amide bonds. The van der Waals surface area contributed by atoms with Crippen LogP contribution in [0, 0.1) is 13.8 Å². The summed E-state index contributed by atoms with van der Waals surface area (Å²) in [5.41, 5.74) is 9.07. The second kappa shape index (κ2) is 4.36. The van der Waals surface area contributed by atoms with Crippen LogP contribution in [0.4, 0.5) is 5.82 Å². The van der Waals surface area contributed by atoms with Crippen molar-refractivity contribution in [2.45, 2.75) is 13.8 Å². The summed E-state index contributed by atoms with van der Waals surface area (Å²) in [6.45, 7) is 4.13. The number of halogens is 1. The minimum atomic E-state index is 0. The van der Waals surface area contributed by atoms with Gasteiger partial charge in [0.15, 0.2) is 0 Å². The van der Waals surface area contributed by atoms with Gasteiger partial charge in [-0.3, -0.25) is 0 Å². The van der Waals surface area contributed by atoms with Crippen LogP contribution in [0.1, 0.15) is 11.1 Å². The van der Waals surface area contributed by atoms with Gasteiger partial charge >= 0.3 is 0 Å². The maximum absolute atomic E-state index is 5.57. The summed E-state index contributed by atoms with van der Waals surface area (Å²) in [4.78, 5) is 0. The summed E-state index contributed by atoms with van der Waals surface area (Å²) in [7, 11) is 0. The maximum Gasteiger partial charge on any atom is 0.145 e. The molecule has 0 atom stereocenters. The van der Waals surface area contributed by atoms with Crippen molar-refractivity contribution in [3.8, 4) is 5.69 Å². The van der Waals surface area contributed by atoms with E-state index in [9.17, 15) is 0 Å². The third kappa shape index (κ3) is 2.30. The third-order valence-electron chi connectivity index (χ3n) is 2.22. The molecule has 80 valence electrons. The monoisotopic (exact) mass is 223 g/mol. The van der Waals surface area contributed by atoms with Gasteiger partial charge in [-0.05, 0) is 31.0 Å². The molecule has 0 saturated heterocycles. The summed E-state index contributed by atoms with van der Waals surface area (Å²) >= 11 is 0. The summed E-state index contributed by atoms with van der Waals surface area (Å²) in [5.74, 6) is 0.547. The average molecular weight is 224 g/mol. The van der Waals surface area contributed by atoms with E-state index in [1.807, 2.05) is 6.20 Å². The lowest BCUT2D eigenvalue weighted by Gasteiger charge is -2.06. The molecule has 0 radical (unpaired) electrons. The van der Waals surface area contributed by atoms with Gasteiger partial charge in [0.05, 0.1) is 5.69 Å². The normalized spacial score (nSPS) is 9.73. The van der Waals surface area contributed by atoms with E-state index in [0.29, 0.717) is 5.82 Å². The quantitative estimate of drug-likeness (QED) is 0.807. The van der Waals surface area contributed by atoms with Crippen LogP contribution in [0.5, 0.6) is 0 Å². The molecule has 0 fully saturated rings. The summed E-state index contributed by atoms with van der Waals surface area (Å²) in [5, 5.41) is 4.18. The fourth-order valence-corrected chi connectivity index (χ4v) is 1.44. The number of hydrogen-bond donors (Lipinski definition) is 1. The van der Waals surface area contributed by atoms with E-state index in [1.54, 1.807) is 10.7 Å². The van der Waals surface area contributed by atoms with Crippen LogP contribution in [-0.2, 0) is 0 Å². The van der Waals surface area contributed by atoms with Crippen LogP contribution in [0.15, 0.2) is 30.5 Å². The van der Waals surface area contributed by atoms with Crippen LogP contribution in [-0.4, -0.2) is 9.78 Å². The highest BCUT2D eigenvalue weighted by Crippen LogP contribution is 2.15. The Morgan fingerprint density at radius 1 is 1.20 bits per heavy atom. The van der Waals surface area contributed by atoms with Crippen molar-refractivity contribution in [3.63, 3.8) is 0 Å². The summed E-state index contributed by atoms with van der Waals surface area (Å²) < 4.78 is 1.80. The highest BCUT2D eigenvalue weighted by molar-refractivity contribution is 5.85. The molecule has 1 aromatic heterocycles. The van der Waals surface area contributed by atoms with Crippen molar-refractivity contribution < 1.29 is 0 Å². The van der Waals surface area contributed by atoms with Crippen LogP contribution in [0.2, 0.25) is 0 Å². The van der Waals surface area contributed by atoms with E-state index in [1.165, 1.54) is 11.1 Å². The molecule has 0 aliphatic heterocycles. The minimum absolute atomic E-state index is 0. The Balaban J connectivity index is 0.00000112. The molecular weight excluding hydrogens is 210 g/mol. The van der Waals surface area contributed by atoms with Gasteiger partial charge < -0.3 is 5.73 Å². The zero-order chi connectivity index (χ0) is 10.1. The van der Waals surface area contributed by atoms with Crippen molar-refractivity contribution in [2.24, 2.45) is 0 Å². The van der Waals surface area contributed by atoms with E-state index in [-0.39, 0.29) is 12.4 Å². The first-order valence-electron chi connectivity index (χ1n) is 4.55. The second-order valence-corrected chi connectivity index (χ2v) is 3.48. The zero-order valence-electron chi connectivity index (χ0n) is 8.77. The van der Waals surface area contributed by atoms with Gasteiger partial charge in [-0.1, -0.05) is 12.1 Å². The Kier molecular flexibility index (Phi) is 3.37. The lowest BCUT2D eigenvalue weighted by molar-refractivity contribution is 0.876. The molecule has 0 spiro atoms. The van der Waals surface area contributed by atoms with E-state index in [4.69, 9.17) is 5.73 Å². The zero-order valence-corrected chi connectivity index (χ0v) is 9.58. The number of nitrogens with zero attached hydrogens (tertiary/aromatic N) is 2. The third-order valence-corrected chi connectivity index (χ3v) is 2.22. The second-order valence-electron chi connectivity index (χ2n) is 3.48. The lowest BCUT2D eigenvalue weighted by Crippen LogP contribution is -1.99. The Hall–Kier alpha value is -1.48. The number of anilines is 1. The number of nitrogens with two attached hydrogens (primary N) is 1. The van der Waals surface area contributed by atoms with Gasteiger partial charge in [-0.2, -0.15) is 5.10 Å². The highest BCUT2D eigenvalue weighted by atomic mass is 35.5. The van der Waals surface area contributed by atoms with Crippen molar-refractivity contribution in [1.29, 1.82) is 0 Å². The number of hydrogen-bond acceptors (Lipinski definition) is 2. The molecule has 0 unspecified atom stereocenters. The molecule has 1 heterocycles. The topological polar surface area (TPSA) is 43.8 Å². The molecule has 0 aliphatic carbocycles. The standard InChI is InChI=1S/C11H13N3.ClH/c1-8-3-4-9(2)10(7-8)14-6-5-11(12)13-14;/h3-7H,1-2H3,(H2,12,13);1H. The molecule has 2 rings (SSSR count). The van der Waals surface area contributed by atoms with Crippen LogP contribution in [0.25, 0.3) is 5.69 Å². The van der Waals surface area contributed by atoms with E-state index in [0.717, 1.165) is 5.69 Å². The lowest BCUT2D eigenvalue weighted by atomic mass is 10.1. The first kappa shape index (κ1) is 11.6. The van der Waals surface area contributed by atoms with Crippen LogP contribution >= 0.6 is 12.4 Å². The largest absolute Gasteiger partial charge is 0.382 e. The Morgan fingerprint density at radius 3 is 2.53 bits per heavy atom. The first-order valence-corrected chi connectivity index (χ1v) is 4.55. The van der Waals surface area contributed by atoms with Crippen molar-refractivity contribution in [1.82, 2.24) is 9.78 Å². The molecule has 0 bridgehead atoms. The maximum atomic E-state index is 5.57. The van der Waals surface area contributed by atoms with E-state index < -0.39 is 0 Å². The van der Waals surface area contributed by atoms with Crippen molar-refractivity contribution in [2.75, 3.05) is 5.73 Å². The molecule has 3 nitrogen and oxygen atoms in total. The molecule has 2 aromatic rings. The van der Waals surface area contributed by atoms with Gasteiger partial charge in [0.2, 0.25) is 0 Å². The van der Waals surface area contributed by atoms with Crippen LogP contribution < -0.4 is 5.73 Å². The van der Waals surface area contributed by atoms with Gasteiger partial charge in [0, 0.05) is 12.3 Å². The number of aryl methyl sites for hydroxylation is 2. The Labute approximate surface area is 95.3 Å². The predicted octanol–water partition coefficient (Wildman–Crippen LogP) is 2.49. The van der Waals surface area contributed by atoms with Gasteiger partial charge in [0.1, 0.15) is 5.82 Å². The Bertz CT molecular complexity index is 463. The number of rotatable bonds is 1. The molecular formula is C11H14ClN3. The highest BCUT2D eigenvalue weighted by Gasteiger charge is 2.02. The molecule has 2 N–H and O–H groups in total. The van der Waals surface area contributed by atoms with Crippen molar-refractivity contribution in [3.05, 3.63) is 41.6 Å². The Morgan fingerprint density at radius 2 is 1.93 bits per heavy atom. The SMILES string of the molecule is Cc1ccc(C)c(-n2ccc(N)n2)c1.Cl. The van der Waals surface area contributed by atoms with Gasteiger partial charge in [-0.15, -0.1) is 12.4 Å². The molecule has 0 saturated carbocycles. The summed E-state index contributed by atoms with van der Waals surface area (Å²) in [6, 6.07) is 8.07. The number of benzene rings is 1. The van der Waals surface area contributed by atoms with Gasteiger partial charge in [0.25, 0.3) is 0 Å². The van der Waals surface area contributed by atoms with E-state index in [2.05, 4.69) is 37.1 Å². The first-order chi connectivity index (χ1) is 6.66. The summed E-state index contributed by atoms with van der Waals surface area (Å²) in [6.07, 6.45) is 1.87. The fraction of sp³-hybridized carbons (Fsp3) is 0.182. The predicted molar refractivity (Wildman–Crippen MR) is 64.7 cm³/mol. The number of nitrogen functional groups attached to an aromatic ring is 1. The minimum Gasteiger partial charge on any atom is -0.382 e.